The van der Waals surface area contributed by atoms with Crippen LogP contribution in [0.2, 0.25) is 0 Å². The number of carbonyl (C=O) groups excluding carboxylic acids is 1. The largest absolute Gasteiger partial charge is 0.497 e. The lowest BCUT2D eigenvalue weighted by atomic mass is 10.1. The van der Waals surface area contributed by atoms with Crippen molar-refractivity contribution in [2.24, 2.45) is 0 Å². The van der Waals surface area contributed by atoms with Gasteiger partial charge in [0.1, 0.15) is 17.2 Å². The van der Waals surface area contributed by atoms with E-state index in [1.165, 1.54) is 50.6 Å². The smallest absolute Gasteiger partial charge is 0.418 e. The fraction of sp³-hybridized carbons (Fsp3) is 0.125. The van der Waals surface area contributed by atoms with Gasteiger partial charge in [0, 0.05) is 11.5 Å². The van der Waals surface area contributed by atoms with Crippen LogP contribution >= 0.6 is 0 Å². The first-order chi connectivity index (χ1) is 16.2. The number of nitrogens with zero attached hydrogens (tertiary/aromatic N) is 2. The molecule has 174 valence electrons. The number of nitrogens with one attached hydrogen (secondary N) is 1. The maximum Gasteiger partial charge on any atom is 0.418 e. The van der Waals surface area contributed by atoms with E-state index in [1.54, 1.807) is 18.2 Å². The van der Waals surface area contributed by atoms with E-state index in [4.69, 9.17) is 9.47 Å². The number of alkyl halides is 3. The van der Waals surface area contributed by atoms with Crippen molar-refractivity contribution in [3.63, 3.8) is 0 Å². The van der Waals surface area contributed by atoms with E-state index < -0.39 is 28.9 Å². The molecule has 3 aromatic carbocycles. The third-order valence-corrected chi connectivity index (χ3v) is 5.12. The van der Waals surface area contributed by atoms with E-state index in [0.29, 0.717) is 5.75 Å². The van der Waals surface area contributed by atoms with Crippen LogP contribution in [0.1, 0.15) is 16.1 Å². The van der Waals surface area contributed by atoms with Gasteiger partial charge in [-0.2, -0.15) is 23.0 Å². The molecule has 34 heavy (non-hydrogen) atoms. The van der Waals surface area contributed by atoms with Crippen LogP contribution < -0.4 is 20.3 Å². The van der Waals surface area contributed by atoms with Crippen LogP contribution in [0.15, 0.2) is 71.5 Å². The minimum Gasteiger partial charge on any atom is -0.497 e. The van der Waals surface area contributed by atoms with Crippen LogP contribution in [0.4, 0.5) is 18.9 Å². The lowest BCUT2D eigenvalue weighted by Gasteiger charge is -2.16. The summed E-state index contributed by atoms with van der Waals surface area (Å²) in [6.45, 7) is 0. The molecule has 0 radical (unpaired) electrons. The van der Waals surface area contributed by atoms with Gasteiger partial charge in [-0.05, 0) is 30.3 Å². The second-order valence-electron chi connectivity index (χ2n) is 7.15. The molecule has 10 heteroatoms. The summed E-state index contributed by atoms with van der Waals surface area (Å²) in [6.07, 6.45) is -4.67. The van der Waals surface area contributed by atoms with Crippen molar-refractivity contribution < 1.29 is 27.4 Å². The number of hydrogen-bond acceptors (Lipinski definition) is 5. The highest BCUT2D eigenvalue weighted by molar-refractivity contribution is 6.11. The highest BCUT2D eigenvalue weighted by atomic mass is 19.4. The number of rotatable bonds is 5. The highest BCUT2D eigenvalue weighted by Crippen LogP contribution is 2.35. The van der Waals surface area contributed by atoms with Gasteiger partial charge in [0.15, 0.2) is 5.69 Å². The number of carbonyl (C=O) groups is 1. The first-order valence-electron chi connectivity index (χ1n) is 9.96. The number of methoxy groups -OCH3 is 2. The van der Waals surface area contributed by atoms with Gasteiger partial charge < -0.3 is 14.8 Å². The number of halogens is 3. The molecule has 1 N–H and O–H groups in total. The Hall–Kier alpha value is -4.34. The molecular weight excluding hydrogens is 451 g/mol. The molecule has 0 fully saturated rings. The van der Waals surface area contributed by atoms with Gasteiger partial charge in [0.05, 0.1) is 30.9 Å². The Kier molecular flexibility index (Phi) is 5.97. The Labute approximate surface area is 191 Å². The van der Waals surface area contributed by atoms with Crippen molar-refractivity contribution >= 4 is 22.4 Å². The summed E-state index contributed by atoms with van der Waals surface area (Å²) in [5, 5.41) is 6.85. The number of aromatic nitrogens is 2. The van der Waals surface area contributed by atoms with Gasteiger partial charge in [-0.3, -0.25) is 9.59 Å². The molecule has 0 aliphatic carbocycles. The molecule has 0 aliphatic rings. The van der Waals surface area contributed by atoms with Gasteiger partial charge in [0.25, 0.3) is 11.5 Å². The molecule has 0 atom stereocenters. The lowest BCUT2D eigenvalue weighted by Crippen LogP contribution is -2.27. The van der Waals surface area contributed by atoms with Crippen molar-refractivity contribution in [2.45, 2.75) is 6.18 Å². The minimum atomic E-state index is -4.67. The molecule has 0 unspecified atom stereocenters. The van der Waals surface area contributed by atoms with E-state index in [2.05, 4.69) is 10.4 Å². The average Bonchev–Trinajstić information content (AvgIpc) is 2.83. The maximum atomic E-state index is 13.4. The highest BCUT2D eigenvalue weighted by Gasteiger charge is 2.34. The predicted octanol–water partition coefficient (Wildman–Crippen LogP) is 4.67. The summed E-state index contributed by atoms with van der Waals surface area (Å²) in [5.74, 6) is -0.191. The summed E-state index contributed by atoms with van der Waals surface area (Å²) in [6, 6.07) is 15.5. The van der Waals surface area contributed by atoms with Crippen LogP contribution in [-0.2, 0) is 6.18 Å². The van der Waals surface area contributed by atoms with Crippen molar-refractivity contribution in [1.82, 2.24) is 9.78 Å². The standard InChI is InChI=1S/C24H18F3N3O4/c1-33-14-11-12-19(20(13-14)34-2)30-23(32)16-8-4-3-7-15(16)21(29-30)22(31)28-18-10-6-5-9-17(18)24(25,26)27/h3-13H,1-2H3,(H,28,31). The topological polar surface area (TPSA) is 82.5 Å². The number of amides is 1. The molecule has 0 saturated heterocycles. The second-order valence-corrected chi connectivity index (χ2v) is 7.15. The molecule has 1 heterocycles. The van der Waals surface area contributed by atoms with E-state index >= 15 is 0 Å². The fourth-order valence-electron chi connectivity index (χ4n) is 3.50. The monoisotopic (exact) mass is 469 g/mol. The summed E-state index contributed by atoms with van der Waals surface area (Å²) >= 11 is 0. The molecule has 4 rings (SSSR count). The molecule has 7 nitrogen and oxygen atoms in total. The number of fused-ring (bicyclic) bond motifs is 1. The Morgan fingerprint density at radius 1 is 0.941 bits per heavy atom. The number of ether oxygens (including phenoxy) is 2. The van der Waals surface area contributed by atoms with Gasteiger partial charge in [-0.1, -0.05) is 30.3 Å². The molecule has 0 bridgehead atoms. The molecular formula is C24H18F3N3O4. The molecule has 1 aromatic heterocycles. The van der Waals surface area contributed by atoms with Crippen LogP contribution in [-0.4, -0.2) is 29.9 Å². The summed E-state index contributed by atoms with van der Waals surface area (Å²) in [7, 11) is 2.86. The van der Waals surface area contributed by atoms with Gasteiger partial charge in [0.2, 0.25) is 0 Å². The number of anilines is 1. The first kappa shape index (κ1) is 22.8. The SMILES string of the molecule is COc1ccc(-n2nc(C(=O)Nc3ccccc3C(F)(F)F)c3ccccc3c2=O)c(OC)c1. The Morgan fingerprint density at radius 3 is 2.29 bits per heavy atom. The third-order valence-electron chi connectivity index (χ3n) is 5.12. The molecule has 0 saturated carbocycles. The third kappa shape index (κ3) is 4.17. The summed E-state index contributed by atoms with van der Waals surface area (Å²) < 4.78 is 51.7. The normalized spacial score (nSPS) is 11.3. The Balaban J connectivity index is 1.89. The van der Waals surface area contributed by atoms with Crippen LogP contribution in [0.25, 0.3) is 16.5 Å². The first-order valence-corrected chi connectivity index (χ1v) is 9.96. The quantitative estimate of drug-likeness (QED) is 0.459. The Morgan fingerprint density at radius 2 is 1.62 bits per heavy atom. The van der Waals surface area contributed by atoms with Crippen LogP contribution in [0.5, 0.6) is 11.5 Å². The zero-order valence-electron chi connectivity index (χ0n) is 18.0. The number of para-hydroxylation sites is 1. The van der Waals surface area contributed by atoms with E-state index in [9.17, 15) is 22.8 Å². The summed E-state index contributed by atoms with van der Waals surface area (Å²) in [4.78, 5) is 26.4. The van der Waals surface area contributed by atoms with Crippen molar-refractivity contribution in [2.75, 3.05) is 19.5 Å². The van der Waals surface area contributed by atoms with Gasteiger partial charge >= 0.3 is 6.18 Å². The van der Waals surface area contributed by atoms with Gasteiger partial charge in [-0.25, -0.2) is 0 Å². The zero-order chi connectivity index (χ0) is 24.5. The summed E-state index contributed by atoms with van der Waals surface area (Å²) in [5.41, 5.74) is -1.97. The van der Waals surface area contributed by atoms with Crippen LogP contribution in [0, 0.1) is 0 Å². The molecule has 1 amide bonds. The van der Waals surface area contributed by atoms with E-state index in [-0.39, 0.29) is 27.9 Å². The van der Waals surface area contributed by atoms with Crippen molar-refractivity contribution in [1.29, 1.82) is 0 Å². The van der Waals surface area contributed by atoms with E-state index in [1.807, 2.05) is 0 Å². The number of benzene rings is 3. The zero-order valence-corrected chi connectivity index (χ0v) is 18.0. The number of hydrogen-bond donors (Lipinski definition) is 1. The van der Waals surface area contributed by atoms with E-state index in [0.717, 1.165) is 16.8 Å². The lowest BCUT2D eigenvalue weighted by molar-refractivity contribution is -0.136. The molecule has 0 spiro atoms. The molecule has 4 aromatic rings. The maximum absolute atomic E-state index is 13.4. The van der Waals surface area contributed by atoms with Crippen LogP contribution in [0.3, 0.4) is 0 Å². The van der Waals surface area contributed by atoms with Gasteiger partial charge in [-0.15, -0.1) is 0 Å². The Bertz CT molecular complexity index is 1450. The van der Waals surface area contributed by atoms with Crippen molar-refractivity contribution in [3.05, 3.63) is 88.3 Å². The second kappa shape index (κ2) is 8.89. The fourth-order valence-corrected chi connectivity index (χ4v) is 3.50. The molecule has 0 aliphatic heterocycles. The predicted molar refractivity (Wildman–Crippen MR) is 120 cm³/mol. The van der Waals surface area contributed by atoms with Crippen molar-refractivity contribution in [3.8, 4) is 17.2 Å². The average molecular weight is 469 g/mol. The minimum absolute atomic E-state index is 0.157.